The average molecular weight is 520 g/mol. The lowest BCUT2D eigenvalue weighted by molar-refractivity contribution is -0.117. The smallest absolute Gasteiger partial charge is 0.296 e. The highest BCUT2D eigenvalue weighted by Crippen LogP contribution is 2.44. The van der Waals surface area contributed by atoms with Crippen molar-refractivity contribution >= 4 is 34.2 Å². The Morgan fingerprint density at radius 2 is 1.92 bits per heavy atom. The maximum absolute atomic E-state index is 13.4. The van der Waals surface area contributed by atoms with E-state index in [4.69, 9.17) is 9.47 Å². The Morgan fingerprint density at radius 1 is 1.16 bits per heavy atom. The first-order valence-corrected chi connectivity index (χ1v) is 12.8. The van der Waals surface area contributed by atoms with Crippen LogP contribution in [0.15, 0.2) is 65.9 Å². The summed E-state index contributed by atoms with van der Waals surface area (Å²) < 4.78 is 11.5. The maximum atomic E-state index is 13.4. The number of nitrogens with zero attached hydrogens (tertiary/aromatic N) is 3. The van der Waals surface area contributed by atoms with E-state index in [1.54, 1.807) is 31.2 Å². The van der Waals surface area contributed by atoms with E-state index in [0.717, 1.165) is 12.0 Å². The van der Waals surface area contributed by atoms with Gasteiger partial charge in [-0.3, -0.25) is 14.5 Å². The van der Waals surface area contributed by atoms with Gasteiger partial charge >= 0.3 is 0 Å². The number of allylic oxidation sites excluding steroid dienone is 1. The summed E-state index contributed by atoms with van der Waals surface area (Å²) in [5, 5.41) is 19.9. The fourth-order valence-electron chi connectivity index (χ4n) is 3.96. The fourth-order valence-corrected chi connectivity index (χ4v) is 4.67. The third-order valence-corrected chi connectivity index (χ3v) is 6.72. The molecule has 8 nitrogen and oxygen atoms in total. The van der Waals surface area contributed by atoms with Gasteiger partial charge in [-0.25, -0.2) is 0 Å². The van der Waals surface area contributed by atoms with E-state index in [1.165, 1.54) is 29.4 Å². The van der Waals surface area contributed by atoms with Crippen molar-refractivity contribution in [2.24, 2.45) is 5.92 Å². The van der Waals surface area contributed by atoms with Crippen molar-refractivity contribution in [3.63, 3.8) is 0 Å². The number of aromatic nitrogens is 2. The van der Waals surface area contributed by atoms with Crippen molar-refractivity contribution in [2.45, 2.75) is 33.2 Å². The van der Waals surface area contributed by atoms with Gasteiger partial charge in [0.25, 0.3) is 5.91 Å². The number of anilines is 1. The van der Waals surface area contributed by atoms with Crippen LogP contribution in [-0.2, 0) is 9.59 Å². The van der Waals surface area contributed by atoms with Crippen LogP contribution in [0.5, 0.6) is 11.5 Å². The minimum Gasteiger partial charge on any atom is -0.503 e. The van der Waals surface area contributed by atoms with Crippen LogP contribution in [0.1, 0.15) is 42.4 Å². The predicted octanol–water partition coefficient (Wildman–Crippen LogP) is 5.46. The number of amides is 1. The molecular formula is C28H29N3O5S. The van der Waals surface area contributed by atoms with Crippen LogP contribution in [0.4, 0.5) is 5.13 Å². The van der Waals surface area contributed by atoms with Gasteiger partial charge in [0.2, 0.25) is 5.13 Å². The molecule has 0 bridgehead atoms. The number of ether oxygens (including phenoxy) is 2. The Labute approximate surface area is 219 Å². The first-order valence-electron chi connectivity index (χ1n) is 11.9. The Balaban J connectivity index is 1.74. The molecule has 0 spiro atoms. The van der Waals surface area contributed by atoms with Crippen LogP contribution >= 0.6 is 11.3 Å². The lowest BCUT2D eigenvalue weighted by Gasteiger charge is -2.24. The van der Waals surface area contributed by atoms with Crippen molar-refractivity contribution < 1.29 is 24.2 Å². The van der Waals surface area contributed by atoms with Crippen molar-refractivity contribution in [3.8, 4) is 11.5 Å². The van der Waals surface area contributed by atoms with Gasteiger partial charge in [-0.2, -0.15) is 0 Å². The molecule has 1 atom stereocenters. The second-order valence-electron chi connectivity index (χ2n) is 8.99. The van der Waals surface area contributed by atoms with Crippen molar-refractivity contribution in [3.05, 3.63) is 82.1 Å². The molecule has 1 amide bonds. The van der Waals surface area contributed by atoms with Gasteiger partial charge in [0, 0.05) is 0 Å². The maximum Gasteiger partial charge on any atom is 0.296 e. The number of aliphatic hydroxyl groups is 1. The third-order valence-electron chi connectivity index (χ3n) is 5.88. The lowest BCUT2D eigenvalue weighted by Crippen LogP contribution is -2.30. The van der Waals surface area contributed by atoms with Crippen molar-refractivity contribution in [1.29, 1.82) is 0 Å². The molecule has 1 aliphatic heterocycles. The summed E-state index contributed by atoms with van der Waals surface area (Å²) in [6, 6.07) is 13.6. The summed E-state index contributed by atoms with van der Waals surface area (Å²) in [6.45, 7) is 6.54. The van der Waals surface area contributed by atoms with E-state index in [1.807, 2.05) is 30.3 Å². The highest BCUT2D eigenvalue weighted by atomic mass is 32.1. The topological polar surface area (TPSA) is 102 Å². The van der Waals surface area contributed by atoms with E-state index in [-0.39, 0.29) is 10.7 Å². The van der Waals surface area contributed by atoms with E-state index in [9.17, 15) is 14.7 Å². The molecule has 3 aromatic rings. The largest absolute Gasteiger partial charge is 0.503 e. The second-order valence-corrected chi connectivity index (χ2v) is 10.2. The van der Waals surface area contributed by atoms with Gasteiger partial charge in [-0.15, -0.1) is 10.2 Å². The van der Waals surface area contributed by atoms with Crippen LogP contribution in [0.25, 0.3) is 6.08 Å². The van der Waals surface area contributed by atoms with Crippen molar-refractivity contribution in [1.82, 2.24) is 10.2 Å². The number of carbonyl (C=O) groups is 2. The number of hydrogen-bond donors (Lipinski definition) is 1. The number of aryl methyl sites for hydroxylation is 1. The third kappa shape index (κ3) is 5.72. The zero-order chi connectivity index (χ0) is 26.5. The lowest BCUT2D eigenvalue weighted by atomic mass is 9.95. The number of hydrogen-bond acceptors (Lipinski definition) is 8. The van der Waals surface area contributed by atoms with E-state index < -0.39 is 23.5 Å². The molecule has 1 unspecified atom stereocenters. The van der Waals surface area contributed by atoms with Crippen molar-refractivity contribution in [2.75, 3.05) is 18.6 Å². The Kier molecular flexibility index (Phi) is 8.03. The van der Waals surface area contributed by atoms with Gasteiger partial charge < -0.3 is 14.6 Å². The molecule has 0 saturated heterocycles. The molecule has 0 radical (unpaired) electrons. The fraction of sp³-hybridized carbons (Fsp3) is 0.286. The van der Waals surface area contributed by atoms with Gasteiger partial charge in [0.05, 0.1) is 25.3 Å². The van der Waals surface area contributed by atoms with E-state index in [0.29, 0.717) is 34.6 Å². The Bertz CT molecular complexity index is 1350. The van der Waals surface area contributed by atoms with Crippen LogP contribution in [-0.4, -0.2) is 40.7 Å². The molecule has 1 aliphatic rings. The van der Waals surface area contributed by atoms with Gasteiger partial charge in [0.1, 0.15) is 5.01 Å². The summed E-state index contributed by atoms with van der Waals surface area (Å²) >= 11 is 1.20. The second kappa shape index (κ2) is 11.4. The molecule has 0 saturated carbocycles. The number of rotatable bonds is 10. The molecule has 1 aromatic heterocycles. The average Bonchev–Trinajstić information content (AvgIpc) is 3.43. The molecule has 1 N–H and O–H groups in total. The minimum absolute atomic E-state index is 0.0411. The quantitative estimate of drug-likeness (QED) is 0.355. The van der Waals surface area contributed by atoms with Crippen LogP contribution in [0.3, 0.4) is 0 Å². The van der Waals surface area contributed by atoms with Gasteiger partial charge in [-0.1, -0.05) is 67.7 Å². The van der Waals surface area contributed by atoms with E-state index in [2.05, 4.69) is 24.0 Å². The van der Waals surface area contributed by atoms with E-state index >= 15 is 0 Å². The molecule has 0 fully saturated rings. The molecule has 2 aromatic carbocycles. The summed E-state index contributed by atoms with van der Waals surface area (Å²) in [6.07, 6.45) is 3.89. The van der Waals surface area contributed by atoms with Gasteiger partial charge in [0.15, 0.2) is 23.0 Å². The summed E-state index contributed by atoms with van der Waals surface area (Å²) in [4.78, 5) is 27.9. The number of carbonyl (C=O) groups excluding carboxylic acids is 2. The highest BCUT2D eigenvalue weighted by molar-refractivity contribution is 7.15. The van der Waals surface area contributed by atoms with Crippen LogP contribution < -0.4 is 14.4 Å². The zero-order valence-electron chi connectivity index (χ0n) is 21.2. The summed E-state index contributed by atoms with van der Waals surface area (Å²) in [5.41, 5.74) is 1.34. The predicted molar refractivity (Wildman–Crippen MR) is 143 cm³/mol. The first-order chi connectivity index (χ1) is 17.8. The molecule has 192 valence electrons. The number of aliphatic hydroxyl groups excluding tert-OH is 1. The minimum atomic E-state index is -0.925. The van der Waals surface area contributed by atoms with Crippen LogP contribution in [0, 0.1) is 12.8 Å². The first kappa shape index (κ1) is 26.1. The summed E-state index contributed by atoms with van der Waals surface area (Å²) in [7, 11) is 1.53. The monoisotopic (exact) mass is 519 g/mol. The normalized spacial score (nSPS) is 15.8. The Morgan fingerprint density at radius 3 is 2.57 bits per heavy atom. The van der Waals surface area contributed by atoms with Crippen LogP contribution in [0.2, 0.25) is 0 Å². The Hall–Kier alpha value is -3.98. The van der Waals surface area contributed by atoms with Gasteiger partial charge in [-0.05, 0) is 48.6 Å². The molecule has 2 heterocycles. The zero-order valence-corrected chi connectivity index (χ0v) is 22.0. The molecule has 0 aliphatic carbocycles. The molecule has 9 heteroatoms. The number of ketones is 1. The molecule has 4 rings (SSSR count). The molecular weight excluding hydrogens is 490 g/mol. The number of methoxy groups -OCH3 is 1. The SMILES string of the molecule is COc1cc(C2C(C(=O)C=Cc3ccccc3)=C(O)C(=O)N2c2nnc(C)s2)ccc1OCCC(C)C. The summed E-state index contributed by atoms with van der Waals surface area (Å²) in [5.74, 6) is -0.311. The molecule has 37 heavy (non-hydrogen) atoms. The standard InChI is InChI=1S/C28H29N3O5S/c1-17(2)14-15-36-22-13-11-20(16-23(22)35-4)25-24(21(32)12-10-19-8-6-5-7-9-19)26(33)27(34)31(25)28-30-29-18(3)37-28/h5-13,16-17,25,33H,14-15H2,1-4H3. The highest BCUT2D eigenvalue weighted by Gasteiger charge is 2.45. The number of benzene rings is 2.